The topological polar surface area (TPSA) is 24.7 Å². The first kappa shape index (κ1) is 26.8. The molecule has 0 N–H and O–H groups in total. The molecule has 2 aromatic carbocycles. The molecule has 0 atom stereocenters. The van der Waals surface area contributed by atoms with Crippen molar-refractivity contribution in [3.8, 4) is 0 Å². The van der Waals surface area contributed by atoms with Gasteiger partial charge in [-0.25, -0.2) is 0 Å². The summed E-state index contributed by atoms with van der Waals surface area (Å²) in [6.07, 6.45) is 14.0. The van der Waals surface area contributed by atoms with Gasteiger partial charge in [0.05, 0.1) is 22.8 Å². The average molecular weight is 456 g/mol. The van der Waals surface area contributed by atoms with E-state index in [1.165, 1.54) is 47.9 Å². The number of allylic oxidation sites excluding steroid dienone is 4. The van der Waals surface area contributed by atoms with Crippen LogP contribution in [0, 0.1) is 27.7 Å². The zero-order chi connectivity index (χ0) is 21.9. The fraction of sp³-hybridized carbons (Fsp3) is 0.357. The van der Waals surface area contributed by atoms with E-state index in [1.807, 2.05) is 13.8 Å². The van der Waals surface area contributed by atoms with Crippen molar-refractivity contribution in [1.82, 2.24) is 0 Å². The summed E-state index contributed by atoms with van der Waals surface area (Å²) in [5, 5.41) is 0. The van der Waals surface area contributed by atoms with Gasteiger partial charge in [-0.3, -0.25) is 9.98 Å². The van der Waals surface area contributed by atoms with Crippen molar-refractivity contribution in [2.24, 2.45) is 9.98 Å². The standard InChI is InChI=1S/C20H24N2.C8H12.Fe/c1-13-9-7-10-14(2)19(13)21-17(5)18(6)22-20-15(3)11-8-12-16(20)4;1-2-4-6-8-7-5-3-1;/h7-12H,1-6H3;1-2,7-8H,3-6H2;/b;2-1-,8-7-;. The normalized spacial score (nSPS) is 16.2. The number of benzene rings is 2. The molecule has 0 amide bonds. The summed E-state index contributed by atoms with van der Waals surface area (Å²) in [5.41, 5.74) is 8.80. The molecule has 0 saturated heterocycles. The number of nitrogens with zero attached hydrogens (tertiary/aromatic N) is 2. The van der Waals surface area contributed by atoms with Crippen LogP contribution in [0.1, 0.15) is 61.8 Å². The van der Waals surface area contributed by atoms with Crippen LogP contribution < -0.4 is 0 Å². The van der Waals surface area contributed by atoms with Crippen LogP contribution in [-0.4, -0.2) is 11.4 Å². The summed E-state index contributed by atoms with van der Waals surface area (Å²) in [6, 6.07) is 12.5. The Hall–Kier alpha value is -2.22. The molecule has 1 aliphatic carbocycles. The summed E-state index contributed by atoms with van der Waals surface area (Å²) in [7, 11) is 0. The fourth-order valence-corrected chi connectivity index (χ4v) is 3.32. The smallest absolute Gasteiger partial charge is 0.0691 e. The molecular formula is C28H36FeN2. The number of aryl methyl sites for hydroxylation is 4. The quantitative estimate of drug-likeness (QED) is 0.251. The van der Waals surface area contributed by atoms with Crippen LogP contribution in [0.5, 0.6) is 0 Å². The maximum Gasteiger partial charge on any atom is 0.0691 e. The molecular weight excluding hydrogens is 420 g/mol. The van der Waals surface area contributed by atoms with E-state index < -0.39 is 0 Å². The third-order valence-electron chi connectivity index (χ3n) is 5.29. The summed E-state index contributed by atoms with van der Waals surface area (Å²) in [4.78, 5) is 9.60. The van der Waals surface area contributed by atoms with E-state index in [0.29, 0.717) is 0 Å². The Kier molecular flexibility index (Phi) is 12.1. The molecule has 0 fully saturated rings. The molecule has 3 rings (SSSR count). The monoisotopic (exact) mass is 456 g/mol. The van der Waals surface area contributed by atoms with E-state index in [9.17, 15) is 0 Å². The van der Waals surface area contributed by atoms with Gasteiger partial charge in [0.1, 0.15) is 0 Å². The van der Waals surface area contributed by atoms with Gasteiger partial charge in [0.15, 0.2) is 0 Å². The van der Waals surface area contributed by atoms with Crippen LogP contribution in [0.15, 0.2) is 70.7 Å². The van der Waals surface area contributed by atoms with Gasteiger partial charge in [-0.05, 0) is 89.5 Å². The summed E-state index contributed by atoms with van der Waals surface area (Å²) < 4.78 is 0. The number of rotatable bonds is 3. The van der Waals surface area contributed by atoms with Crippen LogP contribution in [0.2, 0.25) is 0 Å². The van der Waals surface area contributed by atoms with Crippen LogP contribution in [-0.2, 0) is 17.1 Å². The Balaban J connectivity index is 0.000000450. The Morgan fingerprint density at radius 2 is 0.806 bits per heavy atom. The predicted octanol–water partition coefficient (Wildman–Crippen LogP) is 8.48. The molecule has 3 heteroatoms. The second-order valence-corrected chi connectivity index (χ2v) is 7.97. The second-order valence-electron chi connectivity index (χ2n) is 7.97. The zero-order valence-corrected chi connectivity index (χ0v) is 21.0. The molecule has 0 aliphatic heterocycles. The second kappa shape index (κ2) is 14.0. The zero-order valence-electron chi connectivity index (χ0n) is 19.8. The minimum Gasteiger partial charge on any atom is -0.251 e. The van der Waals surface area contributed by atoms with Gasteiger partial charge in [0.2, 0.25) is 0 Å². The van der Waals surface area contributed by atoms with E-state index >= 15 is 0 Å². The molecule has 0 aromatic heterocycles. The molecule has 166 valence electrons. The van der Waals surface area contributed by atoms with E-state index in [0.717, 1.165) is 22.8 Å². The van der Waals surface area contributed by atoms with Gasteiger partial charge >= 0.3 is 0 Å². The molecule has 1 aliphatic rings. The molecule has 0 spiro atoms. The van der Waals surface area contributed by atoms with Crippen LogP contribution >= 0.6 is 0 Å². The minimum atomic E-state index is 0. The molecule has 0 unspecified atom stereocenters. The average Bonchev–Trinajstić information content (AvgIpc) is 2.67. The van der Waals surface area contributed by atoms with Crippen molar-refractivity contribution in [3.05, 3.63) is 83.0 Å². The largest absolute Gasteiger partial charge is 0.251 e. The number of hydrogen-bond acceptors (Lipinski definition) is 2. The van der Waals surface area contributed by atoms with Gasteiger partial charge in [-0.15, -0.1) is 0 Å². The van der Waals surface area contributed by atoms with Crippen LogP contribution in [0.25, 0.3) is 0 Å². The first-order valence-corrected chi connectivity index (χ1v) is 10.9. The molecule has 2 aromatic rings. The number of aliphatic imine (C=N–C) groups is 2. The minimum absolute atomic E-state index is 0. The Labute approximate surface area is 199 Å². The summed E-state index contributed by atoms with van der Waals surface area (Å²) >= 11 is 0. The van der Waals surface area contributed by atoms with Gasteiger partial charge < -0.3 is 0 Å². The molecule has 0 saturated carbocycles. The number of para-hydroxylation sites is 2. The number of hydrogen-bond donors (Lipinski definition) is 0. The van der Waals surface area contributed by atoms with Gasteiger partial charge in [-0.1, -0.05) is 60.7 Å². The predicted molar refractivity (Wildman–Crippen MR) is 134 cm³/mol. The molecule has 0 bridgehead atoms. The summed E-state index contributed by atoms with van der Waals surface area (Å²) in [6.45, 7) is 12.4. The van der Waals surface area contributed by atoms with E-state index in [2.05, 4.69) is 88.4 Å². The van der Waals surface area contributed by atoms with Crippen molar-refractivity contribution in [1.29, 1.82) is 0 Å². The van der Waals surface area contributed by atoms with Crippen molar-refractivity contribution in [2.45, 2.75) is 67.2 Å². The van der Waals surface area contributed by atoms with E-state index in [4.69, 9.17) is 9.98 Å². The first-order valence-electron chi connectivity index (χ1n) is 10.9. The Bertz CT molecular complexity index is 833. The van der Waals surface area contributed by atoms with Crippen molar-refractivity contribution in [2.75, 3.05) is 0 Å². The Morgan fingerprint density at radius 3 is 1.06 bits per heavy atom. The maximum atomic E-state index is 4.80. The van der Waals surface area contributed by atoms with Gasteiger partial charge in [-0.2, -0.15) is 0 Å². The van der Waals surface area contributed by atoms with Crippen molar-refractivity contribution < 1.29 is 17.1 Å². The molecule has 2 nitrogen and oxygen atoms in total. The first-order chi connectivity index (χ1) is 14.4. The summed E-state index contributed by atoms with van der Waals surface area (Å²) in [5.74, 6) is 0. The van der Waals surface area contributed by atoms with Crippen molar-refractivity contribution >= 4 is 22.8 Å². The van der Waals surface area contributed by atoms with Crippen molar-refractivity contribution in [3.63, 3.8) is 0 Å². The van der Waals surface area contributed by atoms with E-state index in [1.54, 1.807) is 0 Å². The third-order valence-corrected chi connectivity index (χ3v) is 5.29. The molecule has 31 heavy (non-hydrogen) atoms. The van der Waals surface area contributed by atoms with Crippen LogP contribution in [0.4, 0.5) is 11.4 Å². The van der Waals surface area contributed by atoms with Gasteiger partial charge in [0, 0.05) is 17.1 Å². The SMILES string of the molecule is C1=C\CC/C=C\CC/1.CC(=Nc1c(C)cccc1C)C(C)=Nc1c(C)cccc1C.[Fe]. The Morgan fingerprint density at radius 1 is 0.548 bits per heavy atom. The van der Waals surface area contributed by atoms with Crippen LogP contribution in [0.3, 0.4) is 0 Å². The van der Waals surface area contributed by atoms with Gasteiger partial charge in [0.25, 0.3) is 0 Å². The van der Waals surface area contributed by atoms with E-state index in [-0.39, 0.29) is 17.1 Å². The fourth-order valence-electron chi connectivity index (χ4n) is 3.32. The molecule has 0 heterocycles. The molecule has 0 radical (unpaired) electrons. The maximum absolute atomic E-state index is 4.80. The third kappa shape index (κ3) is 8.81.